The maximum absolute atomic E-state index is 13.1. The lowest BCUT2D eigenvalue weighted by Gasteiger charge is -2.37. The van der Waals surface area contributed by atoms with Gasteiger partial charge in [-0.05, 0) is 46.2 Å². The quantitative estimate of drug-likeness (QED) is 0.0276. The molecular formula is C29H45N9O9S. The summed E-state index contributed by atoms with van der Waals surface area (Å²) in [4.78, 5) is 89.4. The van der Waals surface area contributed by atoms with Crippen molar-refractivity contribution in [2.75, 3.05) is 20.1 Å². The lowest BCUT2D eigenvalue weighted by atomic mass is 10.1. The zero-order valence-electron chi connectivity index (χ0n) is 27.1. The lowest BCUT2D eigenvalue weighted by Crippen LogP contribution is -2.63. The van der Waals surface area contributed by atoms with Gasteiger partial charge in [0.15, 0.2) is 12.0 Å². The average Bonchev–Trinajstić information content (AvgIpc) is 3.02. The molecule has 0 heterocycles. The number of Topliss-reactive ketones (excluding diaryl/α,β-unsaturated/α-hetero) is 1. The van der Waals surface area contributed by atoms with Crippen LogP contribution in [0.2, 0.25) is 0 Å². The molecule has 0 saturated heterocycles. The van der Waals surface area contributed by atoms with Crippen molar-refractivity contribution < 1.29 is 43.8 Å². The molecule has 1 aromatic carbocycles. The van der Waals surface area contributed by atoms with E-state index in [1.165, 1.54) is 27.8 Å². The van der Waals surface area contributed by atoms with Crippen molar-refractivity contribution in [3.63, 3.8) is 0 Å². The fraction of sp³-hybridized carbons (Fsp3) is 0.517. The first kappa shape index (κ1) is 41.3. The second-order valence-electron chi connectivity index (χ2n) is 10.9. The van der Waals surface area contributed by atoms with Gasteiger partial charge in [0.1, 0.15) is 17.9 Å². The summed E-state index contributed by atoms with van der Waals surface area (Å²) in [6, 6.07) is 3.01. The molecule has 3 unspecified atom stereocenters. The summed E-state index contributed by atoms with van der Waals surface area (Å²) in [5, 5.41) is 30.5. The van der Waals surface area contributed by atoms with Gasteiger partial charge in [-0.25, -0.2) is 4.79 Å². The van der Waals surface area contributed by atoms with Gasteiger partial charge in [-0.3, -0.25) is 33.8 Å². The van der Waals surface area contributed by atoms with Gasteiger partial charge < -0.3 is 54.0 Å². The Morgan fingerprint density at radius 3 is 2.10 bits per heavy atom. The number of thioether (sulfide) groups is 1. The summed E-state index contributed by atoms with van der Waals surface area (Å²) in [6.45, 7) is 3.69. The first-order valence-corrected chi connectivity index (χ1v) is 15.6. The van der Waals surface area contributed by atoms with Gasteiger partial charge in [0.05, 0.1) is 29.1 Å². The van der Waals surface area contributed by atoms with Gasteiger partial charge >= 0.3 is 11.9 Å². The molecule has 0 radical (unpaired) electrons. The average molecular weight is 696 g/mol. The van der Waals surface area contributed by atoms with Crippen LogP contribution < -0.4 is 43.8 Å². The molecule has 1 aromatic rings. The lowest BCUT2D eigenvalue weighted by molar-refractivity contribution is -0.144. The van der Waals surface area contributed by atoms with Crippen LogP contribution in [-0.2, 0) is 33.6 Å². The van der Waals surface area contributed by atoms with E-state index in [2.05, 4.69) is 31.6 Å². The van der Waals surface area contributed by atoms with Gasteiger partial charge in [-0.2, -0.15) is 0 Å². The molecule has 0 aliphatic rings. The number of likely N-dealkylation sites (N-methyl/N-ethyl adjacent to an activating group) is 1. The number of rotatable bonds is 21. The summed E-state index contributed by atoms with van der Waals surface area (Å²) in [6.07, 6.45) is -0.284. The molecule has 18 nitrogen and oxygen atoms in total. The smallest absolute Gasteiger partial charge is 0.329 e. The Labute approximate surface area is 281 Å². The molecule has 0 aliphatic heterocycles. The van der Waals surface area contributed by atoms with E-state index in [1.807, 2.05) is 0 Å². The second-order valence-corrected chi connectivity index (χ2v) is 12.4. The molecule has 0 aromatic heterocycles. The van der Waals surface area contributed by atoms with Crippen LogP contribution in [0.1, 0.15) is 50.8 Å². The summed E-state index contributed by atoms with van der Waals surface area (Å²) in [5.41, 5.74) is 16.9. The van der Waals surface area contributed by atoms with Crippen LogP contribution in [0.25, 0.3) is 0 Å². The summed E-state index contributed by atoms with van der Waals surface area (Å²) >= 11 is 0.982. The molecule has 266 valence electrons. The number of ketones is 1. The van der Waals surface area contributed by atoms with Crippen molar-refractivity contribution in [2.45, 2.75) is 74.3 Å². The highest BCUT2D eigenvalue weighted by molar-refractivity contribution is 8.01. The zero-order chi connectivity index (χ0) is 36.6. The third kappa shape index (κ3) is 13.9. The second kappa shape index (κ2) is 19.8. The minimum Gasteiger partial charge on any atom is -0.481 e. The number of aliphatic imine (C=N–C) groups is 1. The Hall–Kier alpha value is -4.75. The zero-order valence-corrected chi connectivity index (χ0v) is 28.0. The van der Waals surface area contributed by atoms with Crippen molar-refractivity contribution >= 4 is 59.1 Å². The van der Waals surface area contributed by atoms with E-state index in [0.717, 1.165) is 11.8 Å². The van der Waals surface area contributed by atoms with E-state index in [-0.39, 0.29) is 24.7 Å². The Morgan fingerprint density at radius 1 is 0.958 bits per heavy atom. The van der Waals surface area contributed by atoms with E-state index in [4.69, 9.17) is 17.2 Å². The Morgan fingerprint density at radius 2 is 1.58 bits per heavy atom. The minimum atomic E-state index is -1.66. The molecule has 48 heavy (non-hydrogen) atoms. The number of amides is 4. The van der Waals surface area contributed by atoms with Crippen molar-refractivity contribution in [2.24, 2.45) is 22.2 Å². The van der Waals surface area contributed by atoms with Crippen LogP contribution in [-0.4, -0.2) is 107 Å². The normalized spacial score (nSPS) is 15.2. The molecule has 0 bridgehead atoms. The van der Waals surface area contributed by atoms with Gasteiger partial charge in [0.2, 0.25) is 23.6 Å². The monoisotopic (exact) mass is 695 g/mol. The molecule has 0 aliphatic carbocycles. The molecule has 19 heteroatoms. The summed E-state index contributed by atoms with van der Waals surface area (Å²) in [5.74, 6) is -6.86. The number of carbonyl (C=O) groups is 7. The fourth-order valence-corrected chi connectivity index (χ4v) is 5.55. The van der Waals surface area contributed by atoms with Crippen molar-refractivity contribution in [1.82, 2.24) is 26.6 Å². The van der Waals surface area contributed by atoms with Crippen LogP contribution in [0, 0.1) is 0 Å². The molecular weight excluding hydrogens is 650 g/mol. The fourth-order valence-electron chi connectivity index (χ4n) is 4.19. The number of carboxylic acids is 2. The number of hydrogen-bond acceptors (Lipinski definition) is 11. The van der Waals surface area contributed by atoms with Crippen LogP contribution in [0.15, 0.2) is 35.3 Å². The number of nitrogens with zero attached hydrogens (tertiary/aromatic N) is 1. The SMILES string of the molecule is CN[C@@](C)(S[C@H](C(C)=O)c1ccccc1)[C@H](NC(=O)C(C)NC(=O)C(CC(=O)O)NC(=O)CNC(=O)C(N)CCCN=C(N)N)C(=O)O. The molecule has 4 amide bonds. The van der Waals surface area contributed by atoms with Gasteiger partial charge in [-0.1, -0.05) is 30.3 Å². The molecule has 1 rings (SSSR count). The number of carboxylic acid groups (broad SMARTS) is 2. The molecule has 0 spiro atoms. The predicted molar refractivity (Wildman–Crippen MR) is 177 cm³/mol. The highest BCUT2D eigenvalue weighted by atomic mass is 32.2. The van der Waals surface area contributed by atoms with Crippen LogP contribution in [0.4, 0.5) is 0 Å². The Bertz CT molecular complexity index is 1340. The highest BCUT2D eigenvalue weighted by Crippen LogP contribution is 2.40. The number of aliphatic carboxylic acids is 2. The highest BCUT2D eigenvalue weighted by Gasteiger charge is 2.43. The molecule has 6 atom stereocenters. The third-order valence-electron chi connectivity index (χ3n) is 6.93. The van der Waals surface area contributed by atoms with Crippen molar-refractivity contribution in [3.05, 3.63) is 35.9 Å². The number of nitrogens with one attached hydrogen (secondary N) is 5. The topological polar surface area (TPSA) is 311 Å². The summed E-state index contributed by atoms with van der Waals surface area (Å²) in [7, 11) is 1.47. The van der Waals surface area contributed by atoms with Crippen LogP contribution >= 0.6 is 11.8 Å². The standard InChI is InChI=1S/C29H45N9O9S/c1-15(24(43)38-23(27(46)47)29(3,33-4)48-22(16(2)39)17-9-6-5-7-10-17)36-26(45)19(13-21(41)42)37-20(40)14-35-25(44)18(30)11-8-12-34-28(31)32/h5-7,9-10,15,18-19,22-23,33H,8,11-14,30H2,1-4H3,(H,35,44)(H,36,45)(H,37,40)(H,38,43)(H,41,42)(H,46,47)(H4,31,32,34)/t15?,18?,19?,22-,23-,29+/m1/s1. The van der Waals surface area contributed by atoms with Crippen LogP contribution in [0.3, 0.4) is 0 Å². The largest absolute Gasteiger partial charge is 0.481 e. The van der Waals surface area contributed by atoms with Crippen molar-refractivity contribution in [1.29, 1.82) is 0 Å². The predicted octanol–water partition coefficient (Wildman–Crippen LogP) is -2.48. The third-order valence-corrected chi connectivity index (χ3v) is 8.69. The van der Waals surface area contributed by atoms with E-state index < -0.39 is 82.8 Å². The van der Waals surface area contributed by atoms with Crippen molar-refractivity contribution in [3.8, 4) is 0 Å². The van der Waals surface area contributed by atoms with Gasteiger partial charge in [-0.15, -0.1) is 11.8 Å². The Kier molecular flexibility index (Phi) is 17.0. The molecule has 13 N–H and O–H groups in total. The Balaban J connectivity index is 2.92. The molecule has 0 fully saturated rings. The number of carbonyl (C=O) groups excluding carboxylic acids is 5. The number of benzene rings is 1. The van der Waals surface area contributed by atoms with Gasteiger partial charge in [0.25, 0.3) is 0 Å². The summed E-state index contributed by atoms with van der Waals surface area (Å²) < 4.78 is 0. The van der Waals surface area contributed by atoms with E-state index in [1.54, 1.807) is 30.3 Å². The first-order valence-electron chi connectivity index (χ1n) is 14.8. The maximum Gasteiger partial charge on any atom is 0.329 e. The maximum atomic E-state index is 13.1. The van der Waals surface area contributed by atoms with E-state index in [9.17, 15) is 43.8 Å². The number of nitrogens with two attached hydrogens (primary N) is 3. The first-order chi connectivity index (χ1) is 22.4. The molecule has 0 saturated carbocycles. The van der Waals surface area contributed by atoms with Crippen LogP contribution in [0.5, 0.6) is 0 Å². The van der Waals surface area contributed by atoms with E-state index in [0.29, 0.717) is 12.0 Å². The minimum absolute atomic E-state index is 0.113. The van der Waals surface area contributed by atoms with E-state index >= 15 is 0 Å². The number of guanidine groups is 1. The van der Waals surface area contributed by atoms with Gasteiger partial charge in [0, 0.05) is 6.54 Å². The number of hydrogen-bond donors (Lipinski definition) is 10.